The largest absolute Gasteiger partial charge is 0.466 e. The number of rotatable bonds is 4. The zero-order chi connectivity index (χ0) is 9.52. The molecule has 0 saturated heterocycles. The molecule has 3 heteroatoms. The minimum absolute atomic E-state index is 0.216. The number of hydrogen-bond donors (Lipinski definition) is 0. The standard InChI is InChI=1S/C10H13NO2/c1-9(12)13-7-3-5-10-4-2-6-11-8-10/h2,4,6,8H,3,5,7H2,1H3. The van der Waals surface area contributed by atoms with E-state index in [4.69, 9.17) is 4.74 Å². The summed E-state index contributed by atoms with van der Waals surface area (Å²) < 4.78 is 4.80. The van der Waals surface area contributed by atoms with Crippen LogP contribution in [0.1, 0.15) is 18.9 Å². The van der Waals surface area contributed by atoms with Gasteiger partial charge in [-0.1, -0.05) is 6.07 Å². The highest BCUT2D eigenvalue weighted by Crippen LogP contribution is 2.00. The predicted octanol–water partition coefficient (Wildman–Crippen LogP) is 1.58. The molecule has 0 aliphatic rings. The van der Waals surface area contributed by atoms with Crippen molar-refractivity contribution >= 4 is 5.97 Å². The fourth-order valence-corrected chi connectivity index (χ4v) is 1.04. The van der Waals surface area contributed by atoms with Crippen LogP contribution < -0.4 is 0 Å². The molecule has 0 amide bonds. The maximum atomic E-state index is 10.4. The lowest BCUT2D eigenvalue weighted by molar-refractivity contribution is -0.141. The molecule has 0 N–H and O–H groups in total. The van der Waals surface area contributed by atoms with Crippen LogP contribution in [-0.2, 0) is 16.0 Å². The molecule has 0 saturated carbocycles. The summed E-state index contributed by atoms with van der Waals surface area (Å²) in [6.07, 6.45) is 5.33. The molecule has 0 radical (unpaired) electrons. The number of ether oxygens (including phenoxy) is 1. The van der Waals surface area contributed by atoms with Crippen molar-refractivity contribution in [3.05, 3.63) is 30.1 Å². The molecular formula is C10H13NO2. The molecular weight excluding hydrogens is 166 g/mol. The summed E-state index contributed by atoms with van der Waals surface area (Å²) in [5.74, 6) is -0.216. The Kier molecular flexibility index (Phi) is 3.96. The molecule has 0 aliphatic heterocycles. The molecule has 0 bridgehead atoms. The molecule has 1 rings (SSSR count). The highest BCUT2D eigenvalue weighted by atomic mass is 16.5. The summed E-state index contributed by atoms with van der Waals surface area (Å²) in [4.78, 5) is 14.4. The molecule has 0 atom stereocenters. The van der Waals surface area contributed by atoms with E-state index < -0.39 is 0 Å². The van der Waals surface area contributed by atoms with E-state index in [1.54, 1.807) is 6.20 Å². The Balaban J connectivity index is 2.17. The lowest BCUT2D eigenvalue weighted by Crippen LogP contribution is -2.01. The van der Waals surface area contributed by atoms with Gasteiger partial charge in [-0.25, -0.2) is 0 Å². The Morgan fingerprint density at radius 3 is 3.08 bits per heavy atom. The van der Waals surface area contributed by atoms with Gasteiger partial charge < -0.3 is 4.74 Å². The van der Waals surface area contributed by atoms with Crippen molar-refractivity contribution in [1.29, 1.82) is 0 Å². The average molecular weight is 179 g/mol. The van der Waals surface area contributed by atoms with Crippen molar-refractivity contribution in [2.45, 2.75) is 19.8 Å². The van der Waals surface area contributed by atoms with Gasteiger partial charge in [-0.2, -0.15) is 0 Å². The molecule has 0 fully saturated rings. The van der Waals surface area contributed by atoms with E-state index in [0.29, 0.717) is 6.61 Å². The minimum atomic E-state index is -0.216. The van der Waals surface area contributed by atoms with Gasteiger partial charge in [0.1, 0.15) is 0 Å². The number of aryl methyl sites for hydroxylation is 1. The number of aromatic nitrogens is 1. The number of nitrogens with zero attached hydrogens (tertiary/aromatic N) is 1. The fraction of sp³-hybridized carbons (Fsp3) is 0.400. The van der Waals surface area contributed by atoms with Gasteiger partial charge in [-0.15, -0.1) is 0 Å². The first-order valence-corrected chi connectivity index (χ1v) is 4.31. The summed E-state index contributed by atoms with van der Waals surface area (Å²) in [7, 11) is 0. The van der Waals surface area contributed by atoms with E-state index in [1.807, 2.05) is 18.3 Å². The number of pyridine rings is 1. The smallest absolute Gasteiger partial charge is 0.302 e. The van der Waals surface area contributed by atoms with Crippen LogP contribution in [0.4, 0.5) is 0 Å². The van der Waals surface area contributed by atoms with Gasteiger partial charge in [-0.05, 0) is 24.5 Å². The van der Waals surface area contributed by atoms with Crippen molar-refractivity contribution < 1.29 is 9.53 Å². The van der Waals surface area contributed by atoms with Gasteiger partial charge in [-0.3, -0.25) is 9.78 Å². The van der Waals surface area contributed by atoms with E-state index >= 15 is 0 Å². The predicted molar refractivity (Wildman–Crippen MR) is 49.2 cm³/mol. The van der Waals surface area contributed by atoms with Gasteiger partial charge >= 0.3 is 5.97 Å². The topological polar surface area (TPSA) is 39.2 Å². The number of hydrogen-bond acceptors (Lipinski definition) is 3. The van der Waals surface area contributed by atoms with Crippen LogP contribution in [0, 0.1) is 0 Å². The van der Waals surface area contributed by atoms with Crippen molar-refractivity contribution in [1.82, 2.24) is 4.98 Å². The Morgan fingerprint density at radius 2 is 2.46 bits per heavy atom. The molecule has 0 spiro atoms. The molecule has 1 aromatic heterocycles. The molecule has 13 heavy (non-hydrogen) atoms. The highest BCUT2D eigenvalue weighted by Gasteiger charge is 1.94. The molecule has 3 nitrogen and oxygen atoms in total. The molecule has 1 aromatic rings. The number of esters is 1. The average Bonchev–Trinajstić information content (AvgIpc) is 2.14. The second-order valence-corrected chi connectivity index (χ2v) is 2.80. The summed E-state index contributed by atoms with van der Waals surface area (Å²) >= 11 is 0. The Labute approximate surface area is 77.8 Å². The zero-order valence-corrected chi connectivity index (χ0v) is 7.69. The van der Waals surface area contributed by atoms with Gasteiger partial charge in [0.05, 0.1) is 6.61 Å². The van der Waals surface area contributed by atoms with E-state index in [2.05, 4.69) is 4.98 Å². The lowest BCUT2D eigenvalue weighted by atomic mass is 10.2. The lowest BCUT2D eigenvalue weighted by Gasteiger charge is -2.01. The van der Waals surface area contributed by atoms with Gasteiger partial charge in [0, 0.05) is 19.3 Å². The SMILES string of the molecule is CC(=O)OCCCc1cccnc1. The van der Waals surface area contributed by atoms with Crippen molar-refractivity contribution in [3.63, 3.8) is 0 Å². The maximum Gasteiger partial charge on any atom is 0.302 e. The molecule has 0 aromatic carbocycles. The third-order valence-corrected chi connectivity index (χ3v) is 1.64. The Hall–Kier alpha value is -1.38. The molecule has 0 aliphatic carbocycles. The molecule has 70 valence electrons. The van der Waals surface area contributed by atoms with Crippen LogP contribution in [0.3, 0.4) is 0 Å². The first kappa shape index (κ1) is 9.71. The second kappa shape index (κ2) is 5.30. The van der Waals surface area contributed by atoms with E-state index in [1.165, 1.54) is 12.5 Å². The van der Waals surface area contributed by atoms with E-state index in [0.717, 1.165) is 12.8 Å². The normalized spacial score (nSPS) is 9.62. The fourth-order valence-electron chi connectivity index (χ4n) is 1.04. The van der Waals surface area contributed by atoms with Gasteiger partial charge in [0.2, 0.25) is 0 Å². The maximum absolute atomic E-state index is 10.4. The summed E-state index contributed by atoms with van der Waals surface area (Å²) in [5, 5.41) is 0. The summed E-state index contributed by atoms with van der Waals surface area (Å²) in [5.41, 5.74) is 1.18. The van der Waals surface area contributed by atoms with E-state index in [-0.39, 0.29) is 5.97 Å². The third kappa shape index (κ3) is 4.25. The van der Waals surface area contributed by atoms with Crippen LogP contribution in [-0.4, -0.2) is 17.6 Å². The van der Waals surface area contributed by atoms with Crippen molar-refractivity contribution in [2.24, 2.45) is 0 Å². The van der Waals surface area contributed by atoms with Crippen molar-refractivity contribution in [2.75, 3.05) is 6.61 Å². The first-order chi connectivity index (χ1) is 6.29. The van der Waals surface area contributed by atoms with Crippen LogP contribution in [0.15, 0.2) is 24.5 Å². The minimum Gasteiger partial charge on any atom is -0.466 e. The monoisotopic (exact) mass is 179 g/mol. The quantitative estimate of drug-likeness (QED) is 0.520. The first-order valence-electron chi connectivity index (χ1n) is 4.31. The van der Waals surface area contributed by atoms with Crippen molar-refractivity contribution in [3.8, 4) is 0 Å². The van der Waals surface area contributed by atoms with Crippen LogP contribution in [0.2, 0.25) is 0 Å². The van der Waals surface area contributed by atoms with Crippen LogP contribution in [0.25, 0.3) is 0 Å². The van der Waals surface area contributed by atoms with Gasteiger partial charge in [0.25, 0.3) is 0 Å². The molecule has 0 unspecified atom stereocenters. The van der Waals surface area contributed by atoms with Gasteiger partial charge in [0.15, 0.2) is 0 Å². The van der Waals surface area contributed by atoms with E-state index in [9.17, 15) is 4.79 Å². The highest BCUT2D eigenvalue weighted by molar-refractivity contribution is 5.65. The third-order valence-electron chi connectivity index (χ3n) is 1.64. The summed E-state index contributed by atoms with van der Waals surface area (Å²) in [6, 6.07) is 3.92. The van der Waals surface area contributed by atoms with Crippen LogP contribution >= 0.6 is 0 Å². The summed E-state index contributed by atoms with van der Waals surface area (Å²) in [6.45, 7) is 1.91. The number of carbonyl (C=O) groups excluding carboxylic acids is 1. The zero-order valence-electron chi connectivity index (χ0n) is 7.69. The Morgan fingerprint density at radius 1 is 1.62 bits per heavy atom. The number of carbonyl (C=O) groups is 1. The van der Waals surface area contributed by atoms with Crippen LogP contribution in [0.5, 0.6) is 0 Å². The molecule has 1 heterocycles. The Bertz CT molecular complexity index is 259. The second-order valence-electron chi connectivity index (χ2n) is 2.80.